The number of imidazole rings is 1. The summed E-state index contributed by atoms with van der Waals surface area (Å²) in [6.45, 7) is 5.26. The molecule has 1 N–H and O–H groups in total. The molecule has 2 atom stereocenters. The van der Waals surface area contributed by atoms with Gasteiger partial charge in [0.2, 0.25) is 0 Å². The van der Waals surface area contributed by atoms with Crippen LogP contribution in [0.1, 0.15) is 38.0 Å². The van der Waals surface area contributed by atoms with Gasteiger partial charge in [0.1, 0.15) is 27.7 Å². The summed E-state index contributed by atoms with van der Waals surface area (Å²) in [7, 11) is 0. The molecule has 10 nitrogen and oxygen atoms in total. The number of fused-ring (bicyclic) bond motifs is 2. The first-order valence-corrected chi connectivity index (χ1v) is 16.2. The van der Waals surface area contributed by atoms with E-state index in [2.05, 4.69) is 15.4 Å². The van der Waals surface area contributed by atoms with Crippen LogP contribution in [0.2, 0.25) is 0 Å². The molecule has 0 saturated carbocycles. The largest absolute Gasteiger partial charge is 0.448 e. The summed E-state index contributed by atoms with van der Waals surface area (Å²) >= 11 is 2.83. The number of hydrogen-bond donors (Lipinski definition) is 1. The lowest BCUT2D eigenvalue weighted by atomic mass is 10.0. The first-order valence-electron chi connectivity index (χ1n) is 14.3. The Morgan fingerprint density at radius 2 is 1.73 bits per heavy atom. The Hall–Kier alpha value is -4.55. The highest BCUT2D eigenvalue weighted by Gasteiger charge is 2.54. The standard InChI is InChI=1S/C33H31N5O5S2/c1-33(2,3)43-32(41)35-26-29(39)38-27(31(40)42-28(21-10-6-4-7-11-21)22-12-8-5-9-13-22)23(20-45-30(26)38)16-19-44-25-15-14-24-34-17-18-37(24)36-25/h4-19,26,28,30H,20H2,1-3H3,(H,35,41)/b19-16-/t26-,30+/m1/s1. The van der Waals surface area contributed by atoms with Crippen LogP contribution < -0.4 is 5.32 Å². The van der Waals surface area contributed by atoms with Gasteiger partial charge in [-0.05, 0) is 61.1 Å². The lowest BCUT2D eigenvalue weighted by Gasteiger charge is -2.49. The number of esters is 1. The highest BCUT2D eigenvalue weighted by Crippen LogP contribution is 2.42. The average molecular weight is 642 g/mol. The maximum Gasteiger partial charge on any atom is 0.408 e. The second-order valence-electron chi connectivity index (χ2n) is 11.3. The fourth-order valence-electron chi connectivity index (χ4n) is 4.99. The van der Waals surface area contributed by atoms with E-state index in [0.717, 1.165) is 21.8 Å². The van der Waals surface area contributed by atoms with E-state index in [1.54, 1.807) is 37.7 Å². The van der Waals surface area contributed by atoms with Gasteiger partial charge >= 0.3 is 12.1 Å². The molecule has 4 aromatic rings. The second kappa shape index (κ2) is 12.8. The topological polar surface area (TPSA) is 115 Å². The van der Waals surface area contributed by atoms with Gasteiger partial charge in [0.05, 0.1) is 0 Å². The monoisotopic (exact) mass is 641 g/mol. The zero-order chi connectivity index (χ0) is 31.6. The summed E-state index contributed by atoms with van der Waals surface area (Å²) < 4.78 is 13.3. The van der Waals surface area contributed by atoms with Gasteiger partial charge in [0.15, 0.2) is 11.8 Å². The minimum absolute atomic E-state index is 0.151. The lowest BCUT2D eigenvalue weighted by Crippen LogP contribution is -2.70. The van der Waals surface area contributed by atoms with Gasteiger partial charge in [-0.1, -0.05) is 72.4 Å². The number of benzene rings is 2. The van der Waals surface area contributed by atoms with E-state index in [1.807, 2.05) is 84.3 Å². The highest BCUT2D eigenvalue weighted by molar-refractivity contribution is 8.02. The molecule has 2 aromatic carbocycles. The van der Waals surface area contributed by atoms with E-state index in [1.165, 1.54) is 28.4 Å². The van der Waals surface area contributed by atoms with Gasteiger partial charge in [0.25, 0.3) is 5.91 Å². The molecule has 0 bridgehead atoms. The number of nitrogens with one attached hydrogen (secondary N) is 1. The Kier molecular flexibility index (Phi) is 8.68. The summed E-state index contributed by atoms with van der Waals surface area (Å²) in [4.78, 5) is 45.8. The highest BCUT2D eigenvalue weighted by atomic mass is 32.2. The van der Waals surface area contributed by atoms with E-state index < -0.39 is 41.1 Å². The van der Waals surface area contributed by atoms with Gasteiger partial charge in [-0.25, -0.2) is 19.1 Å². The Bertz CT molecular complexity index is 1750. The molecule has 1 fully saturated rings. The van der Waals surface area contributed by atoms with E-state index in [0.29, 0.717) is 11.3 Å². The molecule has 0 aliphatic carbocycles. The number of carbonyl (C=O) groups excluding carboxylic acids is 3. The van der Waals surface area contributed by atoms with Crippen LogP contribution in [-0.4, -0.2) is 60.2 Å². The summed E-state index contributed by atoms with van der Waals surface area (Å²) in [6, 6.07) is 21.8. The molecule has 2 aliphatic heterocycles. The normalized spacial score (nSPS) is 18.2. The fourth-order valence-corrected chi connectivity index (χ4v) is 6.96. The maximum absolute atomic E-state index is 14.1. The van der Waals surface area contributed by atoms with Crippen LogP contribution in [-0.2, 0) is 19.1 Å². The molecule has 0 radical (unpaired) electrons. The number of thioether (sulfide) groups is 2. The molecular formula is C33H31N5O5S2. The number of nitrogens with zero attached hydrogens (tertiary/aromatic N) is 4. The second-order valence-corrected chi connectivity index (χ2v) is 13.4. The van der Waals surface area contributed by atoms with Gasteiger partial charge in [-0.2, -0.15) is 5.10 Å². The Labute approximate surface area is 268 Å². The number of amides is 2. The Balaban J connectivity index is 1.30. The predicted molar refractivity (Wildman–Crippen MR) is 172 cm³/mol. The average Bonchev–Trinajstić information content (AvgIpc) is 3.50. The molecule has 45 heavy (non-hydrogen) atoms. The zero-order valence-corrected chi connectivity index (χ0v) is 26.5. The first-order chi connectivity index (χ1) is 21.7. The number of hydrogen-bond acceptors (Lipinski definition) is 9. The summed E-state index contributed by atoms with van der Waals surface area (Å²) in [5.74, 6) is -0.631. The van der Waals surface area contributed by atoms with E-state index >= 15 is 0 Å². The number of aromatic nitrogens is 3. The van der Waals surface area contributed by atoms with Crippen molar-refractivity contribution >= 4 is 47.1 Å². The van der Waals surface area contributed by atoms with Crippen molar-refractivity contribution in [3.63, 3.8) is 0 Å². The quantitative estimate of drug-likeness (QED) is 0.146. The van der Waals surface area contributed by atoms with Gasteiger partial charge in [-0.15, -0.1) is 11.8 Å². The molecule has 230 valence electrons. The van der Waals surface area contributed by atoms with E-state index in [-0.39, 0.29) is 5.70 Å². The van der Waals surface area contributed by atoms with Crippen molar-refractivity contribution in [3.8, 4) is 0 Å². The third kappa shape index (κ3) is 6.76. The molecule has 1 saturated heterocycles. The van der Waals surface area contributed by atoms with Crippen LogP contribution in [0.4, 0.5) is 4.79 Å². The van der Waals surface area contributed by atoms with Crippen molar-refractivity contribution < 1.29 is 23.9 Å². The Morgan fingerprint density at radius 3 is 2.40 bits per heavy atom. The third-order valence-electron chi connectivity index (χ3n) is 6.98. The molecule has 2 amide bonds. The van der Waals surface area contributed by atoms with Crippen LogP contribution >= 0.6 is 23.5 Å². The molecule has 2 aliphatic rings. The minimum Gasteiger partial charge on any atom is -0.448 e. The summed E-state index contributed by atoms with van der Waals surface area (Å²) in [5.41, 5.74) is 2.39. The summed E-state index contributed by atoms with van der Waals surface area (Å²) in [6.07, 6.45) is 3.87. The van der Waals surface area contributed by atoms with Crippen molar-refractivity contribution in [3.05, 3.63) is 119 Å². The van der Waals surface area contributed by atoms with Crippen molar-refractivity contribution in [1.29, 1.82) is 0 Å². The van der Waals surface area contributed by atoms with Crippen LogP contribution in [0.25, 0.3) is 5.65 Å². The van der Waals surface area contributed by atoms with Gasteiger partial charge in [-0.3, -0.25) is 9.69 Å². The number of ether oxygens (including phenoxy) is 2. The number of alkyl carbamates (subject to hydrolysis) is 1. The van der Waals surface area contributed by atoms with Crippen LogP contribution in [0.5, 0.6) is 0 Å². The Morgan fingerprint density at radius 1 is 1.04 bits per heavy atom. The molecular weight excluding hydrogens is 611 g/mol. The molecule has 4 heterocycles. The van der Waals surface area contributed by atoms with Crippen molar-refractivity contribution in [2.75, 3.05) is 5.75 Å². The third-order valence-corrected chi connectivity index (χ3v) is 9.02. The fraction of sp³-hybridized carbons (Fsp3) is 0.242. The SMILES string of the molecule is CC(C)(C)OC(=O)N[C@@H]1C(=O)N2C(C(=O)OC(c3ccccc3)c3ccccc3)=C(/C=C\Sc3ccc4nccn4n3)CS[C@@H]12. The van der Waals surface area contributed by atoms with Crippen molar-refractivity contribution in [2.45, 2.75) is 48.9 Å². The minimum atomic E-state index is -0.835. The van der Waals surface area contributed by atoms with Crippen LogP contribution in [0.3, 0.4) is 0 Å². The van der Waals surface area contributed by atoms with Crippen LogP contribution in [0.15, 0.2) is 113 Å². The number of β-lactam (4-membered cyclic amide) rings is 1. The number of rotatable bonds is 8. The number of carbonyl (C=O) groups is 3. The first kappa shape index (κ1) is 30.5. The lowest BCUT2D eigenvalue weighted by molar-refractivity contribution is -0.153. The van der Waals surface area contributed by atoms with Gasteiger partial charge < -0.3 is 14.8 Å². The van der Waals surface area contributed by atoms with Crippen molar-refractivity contribution in [1.82, 2.24) is 24.8 Å². The van der Waals surface area contributed by atoms with Crippen molar-refractivity contribution in [2.24, 2.45) is 0 Å². The smallest absolute Gasteiger partial charge is 0.408 e. The molecule has 12 heteroatoms. The zero-order valence-electron chi connectivity index (χ0n) is 24.8. The van der Waals surface area contributed by atoms with E-state index in [4.69, 9.17) is 9.47 Å². The van der Waals surface area contributed by atoms with E-state index in [9.17, 15) is 14.4 Å². The van der Waals surface area contributed by atoms with Gasteiger partial charge in [0, 0.05) is 18.1 Å². The molecule has 0 unspecified atom stereocenters. The summed E-state index contributed by atoms with van der Waals surface area (Å²) in [5, 5.41) is 9.29. The maximum atomic E-state index is 14.1. The molecule has 0 spiro atoms. The molecule has 2 aromatic heterocycles. The van der Waals surface area contributed by atoms with Crippen LogP contribution in [0, 0.1) is 0 Å². The molecule has 6 rings (SSSR count). The number of allylic oxidation sites excluding steroid dienone is 1. The predicted octanol–water partition coefficient (Wildman–Crippen LogP) is 5.73.